The molecule has 0 saturated carbocycles. The van der Waals surface area contributed by atoms with Gasteiger partial charge in [0, 0.05) is 12.6 Å². The summed E-state index contributed by atoms with van der Waals surface area (Å²) in [5, 5.41) is 11.9. The highest BCUT2D eigenvalue weighted by atomic mass is 16.5. The van der Waals surface area contributed by atoms with Gasteiger partial charge in [-0.2, -0.15) is 0 Å². The van der Waals surface area contributed by atoms with Crippen molar-refractivity contribution in [3.63, 3.8) is 0 Å². The Hall–Kier alpha value is -0.650. The standard InChI is InChI=1S/C8H15NO3.H3N/c1-5(8(10)11)7-6(2)9-3-4-12-7;/h5-7,9H,3-4H2,1-2H3,(H,10,11);1H3. The van der Waals surface area contributed by atoms with Gasteiger partial charge in [0.25, 0.3) is 0 Å². The second-order valence-corrected chi connectivity index (χ2v) is 3.21. The first-order valence-electron chi connectivity index (χ1n) is 4.20. The Balaban J connectivity index is 0.00000144. The summed E-state index contributed by atoms with van der Waals surface area (Å²) in [7, 11) is 0. The van der Waals surface area contributed by atoms with E-state index in [1.165, 1.54) is 0 Å². The lowest BCUT2D eigenvalue weighted by molar-refractivity contribution is -0.149. The van der Waals surface area contributed by atoms with Crippen LogP contribution in [-0.4, -0.2) is 36.4 Å². The SMILES string of the molecule is CC1NCCOC1C(C)C(=O)O.N. The van der Waals surface area contributed by atoms with Gasteiger partial charge in [0.1, 0.15) is 0 Å². The largest absolute Gasteiger partial charge is 0.481 e. The lowest BCUT2D eigenvalue weighted by Crippen LogP contribution is -2.50. The number of morpholine rings is 1. The van der Waals surface area contributed by atoms with Crippen molar-refractivity contribution in [1.29, 1.82) is 0 Å². The zero-order valence-corrected chi connectivity index (χ0v) is 8.12. The van der Waals surface area contributed by atoms with Crippen molar-refractivity contribution in [3.05, 3.63) is 0 Å². The first-order chi connectivity index (χ1) is 5.63. The number of hydrogen-bond donors (Lipinski definition) is 3. The molecule has 5 nitrogen and oxygen atoms in total. The zero-order chi connectivity index (χ0) is 9.14. The van der Waals surface area contributed by atoms with Crippen LogP contribution in [0.1, 0.15) is 13.8 Å². The van der Waals surface area contributed by atoms with Crippen LogP contribution in [0.5, 0.6) is 0 Å². The molecule has 3 unspecified atom stereocenters. The molecule has 0 bridgehead atoms. The highest BCUT2D eigenvalue weighted by Gasteiger charge is 2.31. The number of ether oxygens (including phenoxy) is 1. The molecule has 5 heteroatoms. The number of nitrogens with one attached hydrogen (secondary N) is 1. The van der Waals surface area contributed by atoms with E-state index in [0.29, 0.717) is 6.61 Å². The van der Waals surface area contributed by atoms with Gasteiger partial charge < -0.3 is 21.3 Å². The predicted octanol–water partition coefficient (Wildman–Crippen LogP) is 0.246. The molecular formula is C8H18N2O3. The topological polar surface area (TPSA) is 93.6 Å². The minimum atomic E-state index is -0.796. The van der Waals surface area contributed by atoms with E-state index in [-0.39, 0.29) is 18.3 Å². The molecule has 1 aliphatic rings. The Morgan fingerprint density at radius 3 is 2.77 bits per heavy atom. The maximum atomic E-state index is 10.6. The average Bonchev–Trinajstić information content (AvgIpc) is 2.04. The van der Waals surface area contributed by atoms with Crippen LogP contribution in [0.3, 0.4) is 0 Å². The number of hydrogen-bond acceptors (Lipinski definition) is 4. The number of carboxylic acids is 1. The summed E-state index contributed by atoms with van der Waals surface area (Å²) >= 11 is 0. The number of carbonyl (C=O) groups is 1. The molecule has 1 fully saturated rings. The van der Waals surface area contributed by atoms with Crippen molar-refractivity contribution in [3.8, 4) is 0 Å². The van der Waals surface area contributed by atoms with Gasteiger partial charge in [-0.15, -0.1) is 0 Å². The van der Waals surface area contributed by atoms with Crippen molar-refractivity contribution >= 4 is 5.97 Å². The second-order valence-electron chi connectivity index (χ2n) is 3.21. The van der Waals surface area contributed by atoms with Crippen molar-refractivity contribution in [2.75, 3.05) is 13.2 Å². The van der Waals surface area contributed by atoms with Crippen LogP contribution in [0.15, 0.2) is 0 Å². The summed E-state index contributed by atoms with van der Waals surface area (Å²) in [6, 6.07) is 0.129. The van der Waals surface area contributed by atoms with Gasteiger partial charge in [0.15, 0.2) is 0 Å². The van der Waals surface area contributed by atoms with Gasteiger partial charge in [0.2, 0.25) is 0 Å². The molecule has 1 heterocycles. The Labute approximate surface area is 78.0 Å². The van der Waals surface area contributed by atoms with Gasteiger partial charge in [-0.1, -0.05) is 0 Å². The predicted molar refractivity (Wildman–Crippen MR) is 49.0 cm³/mol. The van der Waals surface area contributed by atoms with Crippen LogP contribution in [0.25, 0.3) is 0 Å². The van der Waals surface area contributed by atoms with E-state index in [1.54, 1.807) is 6.92 Å². The molecule has 5 N–H and O–H groups in total. The monoisotopic (exact) mass is 190 g/mol. The molecule has 0 amide bonds. The molecule has 78 valence electrons. The fraction of sp³-hybridized carbons (Fsp3) is 0.875. The molecule has 1 rings (SSSR count). The molecule has 0 aromatic heterocycles. The number of rotatable bonds is 2. The van der Waals surface area contributed by atoms with Crippen molar-refractivity contribution in [1.82, 2.24) is 11.5 Å². The van der Waals surface area contributed by atoms with E-state index in [1.807, 2.05) is 6.92 Å². The Kier molecular flexibility index (Phi) is 4.90. The second kappa shape index (κ2) is 5.16. The minimum absolute atomic E-state index is 0. The molecule has 0 spiro atoms. The molecule has 13 heavy (non-hydrogen) atoms. The summed E-state index contributed by atoms with van der Waals surface area (Å²) in [4.78, 5) is 10.6. The van der Waals surface area contributed by atoms with E-state index >= 15 is 0 Å². The van der Waals surface area contributed by atoms with Crippen molar-refractivity contribution in [2.24, 2.45) is 5.92 Å². The van der Waals surface area contributed by atoms with Crippen LogP contribution in [0.4, 0.5) is 0 Å². The zero-order valence-electron chi connectivity index (χ0n) is 8.12. The maximum absolute atomic E-state index is 10.6. The van der Waals surface area contributed by atoms with E-state index < -0.39 is 11.9 Å². The van der Waals surface area contributed by atoms with Crippen LogP contribution in [-0.2, 0) is 9.53 Å². The summed E-state index contributed by atoms with van der Waals surface area (Å²) in [6.07, 6.45) is -0.198. The van der Waals surface area contributed by atoms with Gasteiger partial charge in [-0.3, -0.25) is 4.79 Å². The fourth-order valence-electron chi connectivity index (χ4n) is 1.46. The van der Waals surface area contributed by atoms with Crippen molar-refractivity contribution in [2.45, 2.75) is 26.0 Å². The van der Waals surface area contributed by atoms with Gasteiger partial charge in [-0.05, 0) is 13.8 Å². The quantitative estimate of drug-likeness (QED) is 0.580. The first-order valence-corrected chi connectivity index (χ1v) is 4.20. The Bertz CT molecular complexity index is 175. The normalized spacial score (nSPS) is 30.3. The van der Waals surface area contributed by atoms with E-state index in [9.17, 15) is 4.79 Å². The van der Waals surface area contributed by atoms with Gasteiger partial charge in [0.05, 0.1) is 18.6 Å². The summed E-state index contributed by atoms with van der Waals surface area (Å²) in [5.41, 5.74) is 0. The van der Waals surface area contributed by atoms with E-state index in [0.717, 1.165) is 6.54 Å². The number of carboxylic acid groups (broad SMARTS) is 1. The first kappa shape index (κ1) is 12.3. The maximum Gasteiger partial charge on any atom is 0.308 e. The smallest absolute Gasteiger partial charge is 0.308 e. The molecule has 1 aliphatic heterocycles. The van der Waals surface area contributed by atoms with Crippen LogP contribution in [0.2, 0.25) is 0 Å². The molecule has 3 atom stereocenters. The lowest BCUT2D eigenvalue weighted by atomic mass is 9.98. The average molecular weight is 190 g/mol. The van der Waals surface area contributed by atoms with Gasteiger partial charge >= 0.3 is 5.97 Å². The van der Waals surface area contributed by atoms with Crippen LogP contribution < -0.4 is 11.5 Å². The van der Waals surface area contributed by atoms with Gasteiger partial charge in [-0.25, -0.2) is 0 Å². The number of aliphatic carboxylic acids is 1. The van der Waals surface area contributed by atoms with E-state index in [4.69, 9.17) is 9.84 Å². The third-order valence-electron chi connectivity index (χ3n) is 2.25. The Morgan fingerprint density at radius 1 is 1.69 bits per heavy atom. The third kappa shape index (κ3) is 2.95. The third-order valence-corrected chi connectivity index (χ3v) is 2.25. The molecule has 0 radical (unpaired) electrons. The summed E-state index contributed by atoms with van der Waals surface area (Å²) < 4.78 is 5.37. The van der Waals surface area contributed by atoms with Crippen LogP contribution >= 0.6 is 0 Å². The minimum Gasteiger partial charge on any atom is -0.481 e. The summed E-state index contributed by atoms with van der Waals surface area (Å²) in [6.45, 7) is 5.04. The fourth-order valence-corrected chi connectivity index (χ4v) is 1.46. The molecular weight excluding hydrogens is 172 g/mol. The van der Waals surface area contributed by atoms with Crippen molar-refractivity contribution < 1.29 is 14.6 Å². The van der Waals surface area contributed by atoms with Crippen LogP contribution in [0, 0.1) is 5.92 Å². The van der Waals surface area contributed by atoms with E-state index in [2.05, 4.69) is 5.32 Å². The lowest BCUT2D eigenvalue weighted by Gasteiger charge is -2.32. The Morgan fingerprint density at radius 2 is 2.31 bits per heavy atom. The molecule has 0 aromatic carbocycles. The molecule has 0 aromatic rings. The highest BCUT2D eigenvalue weighted by molar-refractivity contribution is 5.70. The molecule has 1 saturated heterocycles. The summed E-state index contributed by atoms with van der Waals surface area (Å²) in [5.74, 6) is -1.23. The molecule has 0 aliphatic carbocycles. The highest BCUT2D eigenvalue weighted by Crippen LogP contribution is 2.14.